The Bertz CT molecular complexity index is 1450. The van der Waals surface area contributed by atoms with E-state index in [0.717, 1.165) is 54.8 Å². The van der Waals surface area contributed by atoms with Gasteiger partial charge in [0, 0.05) is 50.1 Å². The van der Waals surface area contributed by atoms with Crippen molar-refractivity contribution in [2.24, 2.45) is 0 Å². The average molecular weight is 517 g/mol. The molecule has 0 spiro atoms. The summed E-state index contributed by atoms with van der Waals surface area (Å²) < 4.78 is 35.2. The zero-order valence-corrected chi connectivity index (χ0v) is 21.4. The molecule has 0 aliphatic carbocycles. The topological polar surface area (TPSA) is 66.4 Å². The molecule has 2 fully saturated rings. The van der Waals surface area contributed by atoms with Gasteiger partial charge in [0.1, 0.15) is 11.6 Å². The van der Waals surface area contributed by atoms with Gasteiger partial charge in [-0.05, 0) is 44.4 Å². The van der Waals surface area contributed by atoms with Gasteiger partial charge >= 0.3 is 0 Å². The van der Waals surface area contributed by atoms with Gasteiger partial charge in [-0.2, -0.15) is 0 Å². The third-order valence-corrected chi connectivity index (χ3v) is 7.30. The lowest BCUT2D eigenvalue weighted by Gasteiger charge is -2.32. The number of fused-ring (bicyclic) bond motifs is 1. The van der Waals surface area contributed by atoms with Crippen LogP contribution in [-0.4, -0.2) is 54.3 Å². The number of pyridine rings is 3. The molecule has 3 aromatic heterocycles. The molecule has 1 N–H and O–H groups in total. The Labute approximate surface area is 220 Å². The van der Waals surface area contributed by atoms with E-state index in [1.54, 1.807) is 6.20 Å². The van der Waals surface area contributed by atoms with Gasteiger partial charge in [-0.1, -0.05) is 6.07 Å². The van der Waals surface area contributed by atoms with Crippen LogP contribution in [0.3, 0.4) is 0 Å². The first kappa shape index (κ1) is 24.5. The van der Waals surface area contributed by atoms with E-state index in [-0.39, 0.29) is 10.9 Å². The molecular formula is C29H30F2N6O. The molecule has 196 valence electrons. The van der Waals surface area contributed by atoms with E-state index in [2.05, 4.69) is 31.2 Å². The van der Waals surface area contributed by atoms with E-state index in [1.165, 1.54) is 12.5 Å². The predicted octanol–water partition coefficient (Wildman–Crippen LogP) is 5.85. The van der Waals surface area contributed by atoms with Crippen molar-refractivity contribution in [1.29, 1.82) is 0 Å². The first-order chi connectivity index (χ1) is 18.6. The monoisotopic (exact) mass is 516 g/mol. The lowest BCUT2D eigenvalue weighted by Crippen LogP contribution is -2.37. The number of morpholine rings is 1. The molecule has 4 aromatic rings. The number of rotatable bonds is 5. The fourth-order valence-corrected chi connectivity index (χ4v) is 5.34. The lowest BCUT2D eigenvalue weighted by molar-refractivity contribution is 0.122. The maximum absolute atomic E-state index is 15.4. The van der Waals surface area contributed by atoms with Crippen LogP contribution in [0.2, 0.25) is 0 Å². The minimum atomic E-state index is -0.674. The molecule has 6 rings (SSSR count). The maximum Gasteiger partial charge on any atom is 0.152 e. The Hall–Kier alpha value is -3.85. The van der Waals surface area contributed by atoms with Crippen LogP contribution >= 0.6 is 0 Å². The van der Waals surface area contributed by atoms with Gasteiger partial charge in [-0.15, -0.1) is 0 Å². The molecule has 0 amide bonds. The summed E-state index contributed by atoms with van der Waals surface area (Å²) in [6.45, 7) is 6.49. The third kappa shape index (κ3) is 4.74. The lowest BCUT2D eigenvalue weighted by atomic mass is 10.0. The summed E-state index contributed by atoms with van der Waals surface area (Å²) in [6.07, 6.45) is 7.13. The molecule has 0 saturated carbocycles. The van der Waals surface area contributed by atoms with Crippen LogP contribution in [0, 0.1) is 18.6 Å². The standard InChI is InChI=1S/C29H30F2N6O/c1-19-27(23-7-3-4-8-32-23)34-24-16-20(30)15-22(31)26(24)28(19)35-25-17-21(36-9-5-2-6-10-36)18-33-29(25)37-11-13-38-14-12-37/h3-4,7-8,15-18H,2,5-6,9-14H2,1H3,(H,34,35). The summed E-state index contributed by atoms with van der Waals surface area (Å²) in [7, 11) is 0. The van der Waals surface area contributed by atoms with E-state index in [9.17, 15) is 4.39 Å². The van der Waals surface area contributed by atoms with Gasteiger partial charge in [0.05, 0.1) is 58.8 Å². The second-order valence-electron chi connectivity index (χ2n) is 9.79. The average Bonchev–Trinajstić information content (AvgIpc) is 2.95. The normalized spacial score (nSPS) is 16.2. The Balaban J connectivity index is 1.52. The zero-order chi connectivity index (χ0) is 26.1. The van der Waals surface area contributed by atoms with Crippen molar-refractivity contribution in [1.82, 2.24) is 15.0 Å². The highest BCUT2D eigenvalue weighted by molar-refractivity contribution is 5.99. The maximum atomic E-state index is 15.4. The van der Waals surface area contributed by atoms with Crippen molar-refractivity contribution in [3.8, 4) is 11.4 Å². The van der Waals surface area contributed by atoms with Crippen molar-refractivity contribution < 1.29 is 13.5 Å². The van der Waals surface area contributed by atoms with E-state index >= 15 is 4.39 Å². The molecule has 5 heterocycles. The van der Waals surface area contributed by atoms with E-state index in [4.69, 9.17) is 9.72 Å². The Morgan fingerprint density at radius 2 is 1.74 bits per heavy atom. The van der Waals surface area contributed by atoms with Gasteiger partial charge in [-0.3, -0.25) is 4.98 Å². The van der Waals surface area contributed by atoms with Gasteiger partial charge in [-0.25, -0.2) is 18.7 Å². The first-order valence-electron chi connectivity index (χ1n) is 13.1. The summed E-state index contributed by atoms with van der Waals surface area (Å²) in [4.78, 5) is 18.5. The Morgan fingerprint density at radius 1 is 0.921 bits per heavy atom. The molecule has 38 heavy (non-hydrogen) atoms. The Kier molecular flexibility index (Phi) is 6.76. The Morgan fingerprint density at radius 3 is 2.50 bits per heavy atom. The molecular weight excluding hydrogens is 486 g/mol. The highest BCUT2D eigenvalue weighted by Crippen LogP contribution is 2.39. The van der Waals surface area contributed by atoms with Crippen molar-refractivity contribution in [2.45, 2.75) is 26.2 Å². The quantitative estimate of drug-likeness (QED) is 0.357. The van der Waals surface area contributed by atoms with Crippen LogP contribution in [0.1, 0.15) is 24.8 Å². The summed E-state index contributed by atoms with van der Waals surface area (Å²) in [5, 5.41) is 3.77. The van der Waals surface area contributed by atoms with Crippen LogP contribution in [0.4, 0.5) is 31.7 Å². The van der Waals surface area contributed by atoms with Crippen molar-refractivity contribution in [2.75, 3.05) is 54.5 Å². The van der Waals surface area contributed by atoms with Gasteiger partial charge in [0.2, 0.25) is 0 Å². The molecule has 0 bridgehead atoms. The van der Waals surface area contributed by atoms with Crippen molar-refractivity contribution in [3.63, 3.8) is 0 Å². The molecule has 1 aromatic carbocycles. The number of nitrogens with one attached hydrogen (secondary N) is 1. The van der Waals surface area contributed by atoms with E-state index < -0.39 is 11.6 Å². The molecule has 2 aliphatic heterocycles. The molecule has 0 unspecified atom stereocenters. The van der Waals surface area contributed by atoms with Gasteiger partial charge < -0.3 is 19.9 Å². The summed E-state index contributed by atoms with van der Waals surface area (Å²) >= 11 is 0. The molecule has 2 aliphatic rings. The number of benzene rings is 1. The van der Waals surface area contributed by atoms with Gasteiger partial charge in [0.25, 0.3) is 0 Å². The SMILES string of the molecule is Cc1c(-c2ccccn2)nc2cc(F)cc(F)c2c1Nc1cc(N2CCCCC2)cnc1N1CCOCC1. The van der Waals surface area contributed by atoms with Crippen LogP contribution < -0.4 is 15.1 Å². The largest absolute Gasteiger partial charge is 0.378 e. The number of nitrogens with zero attached hydrogens (tertiary/aromatic N) is 5. The first-order valence-corrected chi connectivity index (χ1v) is 13.1. The fraction of sp³-hybridized carbons (Fsp3) is 0.345. The molecule has 2 saturated heterocycles. The molecule has 9 heteroatoms. The number of hydrogen-bond donors (Lipinski definition) is 1. The second-order valence-corrected chi connectivity index (χ2v) is 9.79. The highest BCUT2D eigenvalue weighted by atomic mass is 19.1. The van der Waals surface area contributed by atoms with Crippen LogP contribution in [0.15, 0.2) is 48.8 Å². The van der Waals surface area contributed by atoms with E-state index in [1.807, 2.05) is 31.3 Å². The summed E-state index contributed by atoms with van der Waals surface area (Å²) in [5.74, 6) is -0.564. The number of anilines is 4. The number of ether oxygens (including phenoxy) is 1. The van der Waals surface area contributed by atoms with Crippen LogP contribution in [-0.2, 0) is 4.74 Å². The van der Waals surface area contributed by atoms with Crippen LogP contribution in [0.5, 0.6) is 0 Å². The molecule has 0 radical (unpaired) electrons. The number of aromatic nitrogens is 3. The smallest absolute Gasteiger partial charge is 0.152 e. The molecule has 0 atom stereocenters. The van der Waals surface area contributed by atoms with Crippen molar-refractivity contribution in [3.05, 3.63) is 66.0 Å². The summed E-state index contributed by atoms with van der Waals surface area (Å²) in [6, 6.07) is 9.80. The zero-order valence-electron chi connectivity index (χ0n) is 21.4. The minimum absolute atomic E-state index is 0.226. The van der Waals surface area contributed by atoms with Gasteiger partial charge in [0.15, 0.2) is 5.82 Å². The van der Waals surface area contributed by atoms with Crippen LogP contribution in [0.25, 0.3) is 22.3 Å². The predicted molar refractivity (Wildman–Crippen MR) is 146 cm³/mol. The number of halogens is 2. The number of hydrogen-bond acceptors (Lipinski definition) is 7. The fourth-order valence-electron chi connectivity index (χ4n) is 5.34. The molecule has 7 nitrogen and oxygen atoms in total. The second kappa shape index (κ2) is 10.5. The minimum Gasteiger partial charge on any atom is -0.378 e. The highest BCUT2D eigenvalue weighted by Gasteiger charge is 2.23. The van der Waals surface area contributed by atoms with Crippen molar-refractivity contribution >= 4 is 33.8 Å². The summed E-state index contributed by atoms with van der Waals surface area (Å²) in [5.41, 5.74) is 4.47. The number of piperidine rings is 1. The third-order valence-electron chi connectivity index (χ3n) is 7.30. The van der Waals surface area contributed by atoms with E-state index in [0.29, 0.717) is 43.4 Å².